The minimum Gasteiger partial charge on any atom is -0.493 e. The van der Waals surface area contributed by atoms with Gasteiger partial charge in [-0.25, -0.2) is 4.98 Å². The molecule has 0 aliphatic heterocycles. The molecule has 0 atom stereocenters. The van der Waals surface area contributed by atoms with Gasteiger partial charge in [0.25, 0.3) is 0 Å². The molecule has 0 amide bonds. The van der Waals surface area contributed by atoms with Crippen molar-refractivity contribution >= 4 is 11.3 Å². The van der Waals surface area contributed by atoms with Crippen LogP contribution in [0, 0.1) is 0 Å². The van der Waals surface area contributed by atoms with Gasteiger partial charge in [-0.1, -0.05) is 0 Å². The number of thiazole rings is 1. The number of hydrogen-bond acceptors (Lipinski definition) is 5. The van der Waals surface area contributed by atoms with Gasteiger partial charge in [-0.15, -0.1) is 11.3 Å². The van der Waals surface area contributed by atoms with Gasteiger partial charge in [0.05, 0.1) is 19.9 Å². The summed E-state index contributed by atoms with van der Waals surface area (Å²) in [6.07, 6.45) is 0.587. The summed E-state index contributed by atoms with van der Waals surface area (Å²) in [5.41, 5.74) is 1.90. The lowest BCUT2D eigenvalue weighted by molar-refractivity contribution is 0.298. The molecule has 0 unspecified atom stereocenters. The Morgan fingerprint density at radius 2 is 2.00 bits per heavy atom. The third-order valence-electron chi connectivity index (χ3n) is 2.55. The molecular formula is C13H15NO3S. The molecule has 1 aromatic heterocycles. The fourth-order valence-corrected chi connectivity index (χ4v) is 2.49. The maximum Gasteiger partial charge on any atom is 0.161 e. The van der Waals surface area contributed by atoms with Crippen LogP contribution in [0.5, 0.6) is 11.5 Å². The Morgan fingerprint density at radius 1 is 1.22 bits per heavy atom. The van der Waals surface area contributed by atoms with E-state index in [2.05, 4.69) is 4.98 Å². The van der Waals surface area contributed by atoms with Gasteiger partial charge in [-0.05, 0) is 18.2 Å². The average Bonchev–Trinajstić information content (AvgIpc) is 2.87. The highest BCUT2D eigenvalue weighted by molar-refractivity contribution is 7.13. The van der Waals surface area contributed by atoms with Crippen molar-refractivity contribution < 1.29 is 14.6 Å². The normalized spacial score (nSPS) is 10.4. The summed E-state index contributed by atoms with van der Waals surface area (Å²) in [5.74, 6) is 1.39. The summed E-state index contributed by atoms with van der Waals surface area (Å²) in [6.45, 7) is 0.120. The first kappa shape index (κ1) is 12.9. The van der Waals surface area contributed by atoms with E-state index in [4.69, 9.17) is 14.6 Å². The summed E-state index contributed by atoms with van der Waals surface area (Å²) < 4.78 is 10.5. The van der Waals surface area contributed by atoms with Crippen LogP contribution in [-0.2, 0) is 6.42 Å². The summed E-state index contributed by atoms with van der Waals surface area (Å²) in [6, 6.07) is 5.71. The molecule has 18 heavy (non-hydrogen) atoms. The lowest BCUT2D eigenvalue weighted by Gasteiger charge is -2.08. The zero-order chi connectivity index (χ0) is 13.0. The fourth-order valence-electron chi connectivity index (χ4n) is 1.64. The SMILES string of the molecule is COc1ccc(-c2nc(CCO)cs2)cc1OC. The van der Waals surface area contributed by atoms with Gasteiger partial charge in [-0.3, -0.25) is 0 Å². The van der Waals surface area contributed by atoms with Gasteiger partial charge in [0.15, 0.2) is 11.5 Å². The quantitative estimate of drug-likeness (QED) is 0.901. The summed E-state index contributed by atoms with van der Waals surface area (Å²) in [5, 5.41) is 11.8. The predicted molar refractivity (Wildman–Crippen MR) is 71.4 cm³/mol. The lowest BCUT2D eigenvalue weighted by atomic mass is 10.2. The number of methoxy groups -OCH3 is 2. The van der Waals surface area contributed by atoms with Gasteiger partial charge in [0.2, 0.25) is 0 Å². The first-order valence-electron chi connectivity index (χ1n) is 5.56. The summed E-state index contributed by atoms with van der Waals surface area (Å²) >= 11 is 1.56. The molecule has 0 aliphatic carbocycles. The van der Waals surface area contributed by atoms with E-state index >= 15 is 0 Å². The van der Waals surface area contributed by atoms with E-state index in [1.54, 1.807) is 25.6 Å². The van der Waals surface area contributed by atoms with Crippen molar-refractivity contribution in [1.82, 2.24) is 4.98 Å². The van der Waals surface area contributed by atoms with Crippen LogP contribution in [0.25, 0.3) is 10.6 Å². The maximum atomic E-state index is 8.88. The van der Waals surface area contributed by atoms with Crippen molar-refractivity contribution in [3.05, 3.63) is 29.3 Å². The Balaban J connectivity index is 2.31. The predicted octanol–water partition coefficient (Wildman–Crippen LogP) is 2.36. The molecule has 0 saturated heterocycles. The molecule has 5 heteroatoms. The van der Waals surface area contributed by atoms with Crippen molar-refractivity contribution in [1.29, 1.82) is 0 Å². The number of rotatable bonds is 5. The second-order valence-electron chi connectivity index (χ2n) is 3.69. The Morgan fingerprint density at radius 3 is 2.67 bits per heavy atom. The zero-order valence-electron chi connectivity index (χ0n) is 10.3. The van der Waals surface area contributed by atoms with E-state index in [1.807, 2.05) is 23.6 Å². The molecule has 0 bridgehead atoms. The third kappa shape index (κ3) is 2.63. The number of aliphatic hydroxyl groups excluding tert-OH is 1. The average molecular weight is 265 g/mol. The first-order valence-corrected chi connectivity index (χ1v) is 6.44. The minimum atomic E-state index is 0.120. The van der Waals surface area contributed by atoms with Crippen LogP contribution in [0.15, 0.2) is 23.6 Å². The highest BCUT2D eigenvalue weighted by Crippen LogP contribution is 2.33. The maximum absolute atomic E-state index is 8.88. The molecular weight excluding hydrogens is 250 g/mol. The molecule has 1 heterocycles. The Hall–Kier alpha value is -1.59. The van der Waals surface area contributed by atoms with Crippen LogP contribution in [0.2, 0.25) is 0 Å². The van der Waals surface area contributed by atoms with Crippen LogP contribution >= 0.6 is 11.3 Å². The van der Waals surface area contributed by atoms with Gasteiger partial charge in [0, 0.05) is 24.0 Å². The van der Waals surface area contributed by atoms with Crippen molar-refractivity contribution in [2.75, 3.05) is 20.8 Å². The highest BCUT2D eigenvalue weighted by atomic mass is 32.1. The number of hydrogen-bond donors (Lipinski definition) is 1. The highest BCUT2D eigenvalue weighted by Gasteiger charge is 2.09. The van der Waals surface area contributed by atoms with Gasteiger partial charge in [0.1, 0.15) is 5.01 Å². The van der Waals surface area contributed by atoms with Gasteiger partial charge in [-0.2, -0.15) is 0 Å². The Bertz CT molecular complexity index is 525. The molecule has 0 fully saturated rings. The van der Waals surface area contributed by atoms with Crippen molar-refractivity contribution in [2.24, 2.45) is 0 Å². The van der Waals surface area contributed by atoms with Gasteiger partial charge < -0.3 is 14.6 Å². The number of aliphatic hydroxyl groups is 1. The number of nitrogens with zero attached hydrogens (tertiary/aromatic N) is 1. The standard InChI is InChI=1S/C13H15NO3S/c1-16-11-4-3-9(7-12(11)17-2)13-14-10(5-6-15)8-18-13/h3-4,7-8,15H,5-6H2,1-2H3. The van der Waals surface area contributed by atoms with Crippen molar-refractivity contribution in [3.8, 4) is 22.1 Å². The van der Waals surface area contributed by atoms with E-state index in [0.29, 0.717) is 17.9 Å². The molecule has 0 radical (unpaired) electrons. The summed E-state index contributed by atoms with van der Waals surface area (Å²) in [4.78, 5) is 4.46. The van der Waals surface area contributed by atoms with Gasteiger partial charge >= 0.3 is 0 Å². The minimum absolute atomic E-state index is 0.120. The first-order chi connectivity index (χ1) is 8.78. The second-order valence-corrected chi connectivity index (χ2v) is 4.55. The smallest absolute Gasteiger partial charge is 0.161 e. The molecule has 96 valence electrons. The van der Waals surface area contributed by atoms with Crippen molar-refractivity contribution in [2.45, 2.75) is 6.42 Å². The fraction of sp³-hybridized carbons (Fsp3) is 0.308. The van der Waals surface area contributed by atoms with E-state index in [-0.39, 0.29) is 6.61 Å². The largest absolute Gasteiger partial charge is 0.493 e. The Kier molecular flexibility index (Phi) is 4.17. The summed E-state index contributed by atoms with van der Waals surface area (Å²) in [7, 11) is 3.22. The van der Waals surface area contributed by atoms with Crippen molar-refractivity contribution in [3.63, 3.8) is 0 Å². The van der Waals surface area contributed by atoms with E-state index in [1.165, 1.54) is 0 Å². The van der Waals surface area contributed by atoms with Crippen LogP contribution in [0.3, 0.4) is 0 Å². The molecule has 1 aromatic carbocycles. The van der Waals surface area contributed by atoms with Crippen LogP contribution in [0.4, 0.5) is 0 Å². The third-order valence-corrected chi connectivity index (χ3v) is 3.49. The van der Waals surface area contributed by atoms with Crippen LogP contribution in [-0.4, -0.2) is 30.9 Å². The van der Waals surface area contributed by atoms with E-state index in [0.717, 1.165) is 16.3 Å². The van der Waals surface area contributed by atoms with Crippen LogP contribution < -0.4 is 9.47 Å². The number of aromatic nitrogens is 1. The molecule has 4 nitrogen and oxygen atoms in total. The number of benzene rings is 1. The molecule has 0 saturated carbocycles. The monoisotopic (exact) mass is 265 g/mol. The second kappa shape index (κ2) is 5.84. The molecule has 0 spiro atoms. The van der Waals surface area contributed by atoms with E-state index in [9.17, 15) is 0 Å². The molecule has 0 aliphatic rings. The molecule has 2 rings (SSSR count). The van der Waals surface area contributed by atoms with E-state index < -0.39 is 0 Å². The topological polar surface area (TPSA) is 51.6 Å². The molecule has 2 aromatic rings. The zero-order valence-corrected chi connectivity index (χ0v) is 11.2. The van der Waals surface area contributed by atoms with Crippen LogP contribution in [0.1, 0.15) is 5.69 Å². The lowest BCUT2D eigenvalue weighted by Crippen LogP contribution is -1.92. The Labute approximate surface area is 110 Å². The number of ether oxygens (including phenoxy) is 2. The molecule has 1 N–H and O–H groups in total.